The first kappa shape index (κ1) is 29.8. The van der Waals surface area contributed by atoms with Gasteiger partial charge in [0.2, 0.25) is 5.91 Å². The Morgan fingerprint density at radius 1 is 0.758 bits per heavy atom. The van der Waals surface area contributed by atoms with Crippen molar-refractivity contribution in [3.63, 3.8) is 0 Å². The van der Waals surface area contributed by atoms with Crippen LogP contribution in [0.4, 0.5) is 5.69 Å². The summed E-state index contributed by atoms with van der Waals surface area (Å²) in [6.45, 7) is 7.44. The van der Waals surface area contributed by atoms with Gasteiger partial charge >= 0.3 is 23.9 Å². The van der Waals surface area contributed by atoms with Crippen LogP contribution < -0.4 is 5.32 Å². The second kappa shape index (κ2) is 13.6. The molecule has 0 fully saturated rings. The molecule has 0 bridgehead atoms. The van der Waals surface area contributed by atoms with Crippen LogP contribution in [0, 0.1) is 10.7 Å². The van der Waals surface area contributed by atoms with Crippen LogP contribution in [-0.4, -0.2) is 55.2 Å². The van der Waals surface area contributed by atoms with E-state index < -0.39 is 42.0 Å². The highest BCUT2D eigenvalue weighted by Crippen LogP contribution is 2.37. The van der Waals surface area contributed by atoms with E-state index in [1.165, 1.54) is 20.8 Å². The summed E-state index contributed by atoms with van der Waals surface area (Å²) < 4.78 is 20.9. The lowest BCUT2D eigenvalue weighted by Crippen LogP contribution is -2.29. The van der Waals surface area contributed by atoms with Crippen LogP contribution in [-0.2, 0) is 33.3 Å². The smallest absolute Gasteiger partial charge is 0.347 e. The summed E-state index contributed by atoms with van der Waals surface area (Å²) in [5.74, 6) is -3.71. The van der Waals surface area contributed by atoms with E-state index in [1.807, 2.05) is 45.2 Å². The second-order valence-electron chi connectivity index (χ2n) is 6.35. The fourth-order valence-corrected chi connectivity index (χ4v) is 6.68. The van der Waals surface area contributed by atoms with Crippen molar-refractivity contribution >= 4 is 103 Å². The van der Waals surface area contributed by atoms with Gasteiger partial charge in [0.05, 0.1) is 37.2 Å². The van der Waals surface area contributed by atoms with Gasteiger partial charge in [0.15, 0.2) is 12.2 Å². The predicted octanol–water partition coefficient (Wildman–Crippen LogP) is 3.68. The molecule has 0 aliphatic rings. The first-order chi connectivity index (χ1) is 15.4. The molecule has 1 aromatic rings. The molecule has 1 N–H and O–H groups in total. The summed E-state index contributed by atoms with van der Waals surface area (Å²) >= 11 is 5.46. The molecule has 1 rings (SSSR count). The molecule has 0 aromatic heterocycles. The predicted molar refractivity (Wildman–Crippen MR) is 142 cm³/mol. The lowest BCUT2D eigenvalue weighted by atomic mass is 10.1. The number of anilines is 1. The highest BCUT2D eigenvalue weighted by atomic mass is 127. The fourth-order valence-electron chi connectivity index (χ4n) is 2.36. The minimum atomic E-state index is -1.20. The Morgan fingerprint density at radius 2 is 1.12 bits per heavy atom. The number of carbonyl (C=O) groups is 5. The molecular formula is C20H22I3NO9. The zero-order valence-corrected chi connectivity index (χ0v) is 24.8. The number of rotatable bonds is 9. The zero-order chi connectivity index (χ0) is 25.5. The van der Waals surface area contributed by atoms with Gasteiger partial charge in [-0.15, -0.1) is 0 Å². The monoisotopic (exact) mass is 801 g/mol. The van der Waals surface area contributed by atoms with Crippen molar-refractivity contribution in [2.24, 2.45) is 0 Å². The number of benzene rings is 1. The minimum Gasteiger partial charge on any atom is -0.463 e. The molecule has 0 radical (unpaired) electrons. The summed E-state index contributed by atoms with van der Waals surface area (Å²) in [5, 5.41) is 2.60. The standard InChI is InChI=1S/C20H22I3NO9/c1-6-30-17(26)8(3)32-19(28)11-13(21)12(15(23)16(14(11)22)24-10(5)25)20(29)33-9(4)18(27)31-7-2/h8-9H,6-7H2,1-5H3,(H,24,25). The van der Waals surface area contributed by atoms with Gasteiger partial charge < -0.3 is 24.3 Å². The van der Waals surface area contributed by atoms with E-state index in [0.29, 0.717) is 7.14 Å². The fraction of sp³-hybridized carbons (Fsp3) is 0.450. The molecule has 0 saturated heterocycles. The maximum atomic E-state index is 13.0. The quantitative estimate of drug-likeness (QED) is 0.226. The van der Waals surface area contributed by atoms with Gasteiger partial charge in [0.25, 0.3) is 0 Å². The summed E-state index contributed by atoms with van der Waals surface area (Å²) in [4.78, 5) is 61.5. The molecule has 0 heterocycles. The molecule has 0 aliphatic heterocycles. The number of nitrogens with one attached hydrogen (secondary N) is 1. The van der Waals surface area contributed by atoms with E-state index in [0.717, 1.165) is 0 Å². The van der Waals surface area contributed by atoms with E-state index in [2.05, 4.69) is 5.32 Å². The van der Waals surface area contributed by atoms with Crippen LogP contribution >= 0.6 is 67.8 Å². The SMILES string of the molecule is CCOC(=O)C(C)OC(=O)c1c(I)c(NC(C)=O)c(I)c(C(=O)OC(C)C(=O)OCC)c1I. The number of carbonyl (C=O) groups excluding carboxylic acids is 5. The van der Waals surface area contributed by atoms with Crippen molar-refractivity contribution in [1.82, 2.24) is 0 Å². The van der Waals surface area contributed by atoms with Crippen molar-refractivity contribution in [2.75, 3.05) is 18.5 Å². The van der Waals surface area contributed by atoms with E-state index in [1.54, 1.807) is 36.4 Å². The normalized spacial score (nSPS) is 12.2. The minimum absolute atomic E-state index is 0.0488. The average Bonchev–Trinajstić information content (AvgIpc) is 2.71. The second-order valence-corrected chi connectivity index (χ2v) is 9.58. The van der Waals surface area contributed by atoms with Crippen molar-refractivity contribution in [3.05, 3.63) is 21.8 Å². The summed E-state index contributed by atoms with van der Waals surface area (Å²) in [5.41, 5.74) is 0.0927. The number of amides is 1. The van der Waals surface area contributed by atoms with Gasteiger partial charge in [-0.1, -0.05) is 0 Å². The van der Waals surface area contributed by atoms with Crippen LogP contribution in [0.15, 0.2) is 0 Å². The highest BCUT2D eigenvalue weighted by Gasteiger charge is 2.32. The maximum Gasteiger partial charge on any atom is 0.347 e. The molecule has 1 amide bonds. The molecule has 0 aliphatic carbocycles. The largest absolute Gasteiger partial charge is 0.463 e. The van der Waals surface area contributed by atoms with Crippen molar-refractivity contribution in [1.29, 1.82) is 0 Å². The van der Waals surface area contributed by atoms with E-state index in [-0.39, 0.29) is 33.6 Å². The molecule has 182 valence electrons. The molecule has 33 heavy (non-hydrogen) atoms. The van der Waals surface area contributed by atoms with Crippen molar-refractivity contribution < 1.29 is 42.9 Å². The number of halogens is 3. The average molecular weight is 801 g/mol. The third-order valence-electron chi connectivity index (χ3n) is 3.83. The van der Waals surface area contributed by atoms with Gasteiger partial charge in [0.1, 0.15) is 0 Å². The van der Waals surface area contributed by atoms with E-state index in [9.17, 15) is 24.0 Å². The molecule has 1 aromatic carbocycles. The Morgan fingerprint density at radius 3 is 1.42 bits per heavy atom. The lowest BCUT2D eigenvalue weighted by Gasteiger charge is -2.20. The molecule has 0 spiro atoms. The van der Waals surface area contributed by atoms with Gasteiger partial charge in [-0.25, -0.2) is 19.2 Å². The first-order valence-electron chi connectivity index (χ1n) is 9.60. The molecule has 10 nitrogen and oxygen atoms in total. The van der Waals surface area contributed by atoms with Gasteiger partial charge in [0, 0.05) is 10.5 Å². The van der Waals surface area contributed by atoms with Crippen LogP contribution in [0.3, 0.4) is 0 Å². The van der Waals surface area contributed by atoms with Crippen LogP contribution in [0.2, 0.25) is 0 Å². The number of ether oxygens (including phenoxy) is 4. The van der Waals surface area contributed by atoms with Gasteiger partial charge in [-0.2, -0.15) is 0 Å². The van der Waals surface area contributed by atoms with Gasteiger partial charge in [-0.05, 0) is 95.5 Å². The molecule has 2 atom stereocenters. The first-order valence-corrected chi connectivity index (χ1v) is 12.8. The molecule has 2 unspecified atom stereocenters. The molecule has 13 heteroatoms. The summed E-state index contributed by atoms with van der Waals surface area (Å²) in [7, 11) is 0. The molecule has 0 saturated carbocycles. The molecular weight excluding hydrogens is 779 g/mol. The number of hydrogen-bond donors (Lipinski definition) is 1. The van der Waals surface area contributed by atoms with E-state index >= 15 is 0 Å². The Balaban J connectivity index is 3.53. The van der Waals surface area contributed by atoms with Crippen molar-refractivity contribution in [3.8, 4) is 0 Å². The van der Waals surface area contributed by atoms with E-state index in [4.69, 9.17) is 18.9 Å². The van der Waals surface area contributed by atoms with Crippen LogP contribution in [0.5, 0.6) is 0 Å². The zero-order valence-electron chi connectivity index (χ0n) is 18.4. The lowest BCUT2D eigenvalue weighted by molar-refractivity contribution is -0.153. The topological polar surface area (TPSA) is 134 Å². The Labute approximate surface area is 231 Å². The van der Waals surface area contributed by atoms with Gasteiger partial charge in [-0.3, -0.25) is 4.79 Å². The van der Waals surface area contributed by atoms with Crippen LogP contribution in [0.1, 0.15) is 55.3 Å². The number of esters is 4. The maximum absolute atomic E-state index is 13.0. The summed E-state index contributed by atoms with van der Waals surface area (Å²) in [6.07, 6.45) is -2.40. The number of hydrogen-bond acceptors (Lipinski definition) is 9. The van der Waals surface area contributed by atoms with Crippen molar-refractivity contribution in [2.45, 2.75) is 46.8 Å². The Bertz CT molecular complexity index is 900. The van der Waals surface area contributed by atoms with Crippen LogP contribution in [0.25, 0.3) is 0 Å². The third kappa shape index (κ3) is 7.90. The Kier molecular flexibility index (Phi) is 12.3. The highest BCUT2D eigenvalue weighted by molar-refractivity contribution is 14.1. The third-order valence-corrected chi connectivity index (χ3v) is 7.07. The Hall–Kier alpha value is -1.24. The summed E-state index contributed by atoms with van der Waals surface area (Å²) in [6, 6.07) is 0.